The molecular weight excluding hydrogens is 331 g/mol. The minimum absolute atomic E-state index is 0.0593. The summed E-state index contributed by atoms with van der Waals surface area (Å²) in [5, 5.41) is 3.37. The van der Waals surface area contributed by atoms with Crippen LogP contribution >= 0.6 is 0 Å². The minimum Gasteiger partial charge on any atom is -0.469 e. The smallest absolute Gasteiger partial charge is 0.305 e. The van der Waals surface area contributed by atoms with Gasteiger partial charge in [-0.25, -0.2) is 11.0 Å². The summed E-state index contributed by atoms with van der Waals surface area (Å²) in [6.45, 7) is 9.96. The van der Waals surface area contributed by atoms with Gasteiger partial charge in [0.1, 0.15) is 5.82 Å². The Morgan fingerprint density at radius 3 is 2.77 bits per heavy atom. The molecule has 1 N–H and O–H groups in total. The van der Waals surface area contributed by atoms with E-state index in [1.807, 2.05) is 6.07 Å². The third-order valence-corrected chi connectivity index (χ3v) is 6.31. The maximum Gasteiger partial charge on any atom is 0.305 e. The Bertz CT molecular complexity index is 681. The van der Waals surface area contributed by atoms with E-state index in [9.17, 15) is 9.18 Å². The van der Waals surface area contributed by atoms with Crippen molar-refractivity contribution in [2.24, 2.45) is 17.8 Å². The molecule has 26 heavy (non-hydrogen) atoms. The van der Waals surface area contributed by atoms with Crippen molar-refractivity contribution in [1.82, 2.24) is 5.32 Å². The van der Waals surface area contributed by atoms with Crippen LogP contribution in [-0.2, 0) is 15.1 Å². The molecule has 1 aliphatic carbocycles. The summed E-state index contributed by atoms with van der Waals surface area (Å²) in [5.41, 5.74) is 0.0144. The van der Waals surface area contributed by atoms with E-state index in [0.717, 1.165) is 50.8 Å². The van der Waals surface area contributed by atoms with Crippen LogP contribution in [-0.4, -0.2) is 26.2 Å². The molecule has 1 aromatic carbocycles. The lowest BCUT2D eigenvalue weighted by Crippen LogP contribution is -2.46. The lowest BCUT2D eigenvalue weighted by Gasteiger charge is -2.39. The number of carbonyl (C=O) groups is 1. The van der Waals surface area contributed by atoms with Gasteiger partial charge in [0.2, 0.25) is 0 Å². The molecule has 4 nitrogen and oxygen atoms in total. The monoisotopic (exact) mass is 358 g/mol. The van der Waals surface area contributed by atoms with E-state index in [1.54, 1.807) is 6.07 Å². The molecule has 1 aromatic rings. The van der Waals surface area contributed by atoms with E-state index < -0.39 is 5.54 Å². The number of methoxy groups -OCH3 is 1. The van der Waals surface area contributed by atoms with Crippen LogP contribution in [0.15, 0.2) is 24.3 Å². The van der Waals surface area contributed by atoms with Gasteiger partial charge in [-0.05, 0) is 56.8 Å². The summed E-state index contributed by atoms with van der Waals surface area (Å²) in [4.78, 5) is 16.1. The summed E-state index contributed by atoms with van der Waals surface area (Å²) in [6.07, 6.45) is 4.99. The molecule has 140 valence electrons. The van der Waals surface area contributed by atoms with Gasteiger partial charge in [0.05, 0.1) is 7.11 Å². The van der Waals surface area contributed by atoms with E-state index in [4.69, 9.17) is 11.3 Å². The van der Waals surface area contributed by atoms with Crippen molar-refractivity contribution in [1.29, 1.82) is 0 Å². The lowest BCUT2D eigenvalue weighted by molar-refractivity contribution is -0.142. The van der Waals surface area contributed by atoms with Gasteiger partial charge in [-0.1, -0.05) is 18.6 Å². The Balaban J connectivity index is 2.04. The highest BCUT2D eigenvalue weighted by Crippen LogP contribution is 2.54. The number of ether oxygens (including phenoxy) is 1. The molecule has 5 heteroatoms. The summed E-state index contributed by atoms with van der Waals surface area (Å²) < 4.78 is 19.0. The standard InChI is InChI=1S/C21H27FN2O2/c1-23-21(16-9-11-24-12-10-16,17-6-4-7-18(22)14-17)19-8-3-5-15(19)13-20(25)26-2/h4,6-7,14-16,19,24H,3,5,8-13H2,2H3/t15-,19+,21-/m1/s1. The maximum atomic E-state index is 14.1. The number of piperidine rings is 1. The number of rotatable bonds is 5. The fourth-order valence-corrected chi connectivity index (χ4v) is 5.15. The molecule has 0 amide bonds. The first-order chi connectivity index (χ1) is 12.6. The maximum absolute atomic E-state index is 14.1. The number of nitrogens with one attached hydrogen (secondary N) is 1. The molecule has 0 aromatic heterocycles. The van der Waals surface area contributed by atoms with Crippen molar-refractivity contribution >= 4 is 5.97 Å². The van der Waals surface area contributed by atoms with Crippen molar-refractivity contribution in [3.63, 3.8) is 0 Å². The fraction of sp³-hybridized carbons (Fsp3) is 0.619. The van der Waals surface area contributed by atoms with Crippen molar-refractivity contribution in [3.8, 4) is 0 Å². The van der Waals surface area contributed by atoms with E-state index in [2.05, 4.69) is 10.2 Å². The number of esters is 1. The Morgan fingerprint density at radius 1 is 1.35 bits per heavy atom. The van der Waals surface area contributed by atoms with Crippen LogP contribution < -0.4 is 5.32 Å². The Hall–Kier alpha value is -1.93. The summed E-state index contributed by atoms with van der Waals surface area (Å²) >= 11 is 0. The van der Waals surface area contributed by atoms with Crippen molar-refractivity contribution in [2.45, 2.75) is 44.1 Å². The second-order valence-corrected chi connectivity index (χ2v) is 7.55. The van der Waals surface area contributed by atoms with Crippen LogP contribution in [0.5, 0.6) is 0 Å². The zero-order chi connectivity index (χ0) is 18.6. The topological polar surface area (TPSA) is 42.7 Å². The van der Waals surface area contributed by atoms with Crippen LogP contribution in [0.4, 0.5) is 4.39 Å². The Morgan fingerprint density at radius 2 is 2.12 bits per heavy atom. The molecule has 0 radical (unpaired) electrons. The zero-order valence-corrected chi connectivity index (χ0v) is 15.3. The molecule has 0 spiro atoms. The fourth-order valence-electron chi connectivity index (χ4n) is 5.15. The van der Waals surface area contributed by atoms with Gasteiger partial charge in [-0.2, -0.15) is 0 Å². The van der Waals surface area contributed by atoms with Crippen LogP contribution in [0, 0.1) is 30.1 Å². The van der Waals surface area contributed by atoms with Gasteiger partial charge in [0.25, 0.3) is 5.54 Å². The summed E-state index contributed by atoms with van der Waals surface area (Å²) in [7, 11) is 1.41. The highest BCUT2D eigenvalue weighted by molar-refractivity contribution is 5.69. The first kappa shape index (κ1) is 18.8. The highest BCUT2D eigenvalue weighted by atomic mass is 19.1. The van der Waals surface area contributed by atoms with Gasteiger partial charge < -0.3 is 14.9 Å². The molecule has 1 saturated carbocycles. The largest absolute Gasteiger partial charge is 0.469 e. The number of benzene rings is 1. The van der Waals surface area contributed by atoms with Crippen molar-refractivity contribution in [3.05, 3.63) is 47.1 Å². The van der Waals surface area contributed by atoms with Gasteiger partial charge in [-0.15, -0.1) is 0 Å². The minimum atomic E-state index is -0.764. The third kappa shape index (κ3) is 3.48. The lowest BCUT2D eigenvalue weighted by atomic mass is 9.63. The second-order valence-electron chi connectivity index (χ2n) is 7.55. The Kier molecular flexibility index (Phi) is 5.93. The molecule has 1 heterocycles. The molecule has 0 bridgehead atoms. The zero-order valence-electron chi connectivity index (χ0n) is 15.3. The van der Waals surface area contributed by atoms with Crippen molar-refractivity contribution < 1.29 is 13.9 Å². The average Bonchev–Trinajstić information content (AvgIpc) is 3.12. The highest BCUT2D eigenvalue weighted by Gasteiger charge is 2.57. The normalized spacial score (nSPS) is 26.0. The molecule has 1 saturated heterocycles. The van der Waals surface area contributed by atoms with E-state index in [-0.39, 0.29) is 29.5 Å². The molecule has 3 rings (SSSR count). The number of hydrogen-bond acceptors (Lipinski definition) is 3. The predicted molar refractivity (Wildman–Crippen MR) is 97.7 cm³/mol. The van der Waals surface area contributed by atoms with Crippen LogP contribution in [0.3, 0.4) is 0 Å². The number of carbonyl (C=O) groups excluding carboxylic acids is 1. The molecule has 3 atom stereocenters. The SMILES string of the molecule is [C-]#[N+][C@@](c1cccc(F)c1)(C1CCNCC1)[C@H]1CCC[C@@H]1CC(=O)OC. The summed E-state index contributed by atoms with van der Waals surface area (Å²) in [6, 6.07) is 6.57. The number of hydrogen-bond donors (Lipinski definition) is 1. The van der Waals surface area contributed by atoms with E-state index >= 15 is 0 Å². The molecule has 1 aliphatic heterocycles. The molecular formula is C21H27FN2O2. The molecule has 2 fully saturated rings. The van der Waals surface area contributed by atoms with Gasteiger partial charge in [0, 0.05) is 23.8 Å². The quantitative estimate of drug-likeness (QED) is 0.641. The van der Waals surface area contributed by atoms with Crippen LogP contribution in [0.25, 0.3) is 4.85 Å². The van der Waals surface area contributed by atoms with Crippen LogP contribution in [0.2, 0.25) is 0 Å². The number of nitrogens with zero attached hydrogens (tertiary/aromatic N) is 1. The van der Waals surface area contributed by atoms with E-state index in [0.29, 0.717) is 6.42 Å². The molecule has 0 unspecified atom stereocenters. The Labute approximate surface area is 154 Å². The first-order valence-corrected chi connectivity index (χ1v) is 9.54. The van der Waals surface area contributed by atoms with Crippen LogP contribution in [0.1, 0.15) is 44.1 Å². The summed E-state index contributed by atoms with van der Waals surface area (Å²) in [5.74, 6) is -0.165. The first-order valence-electron chi connectivity index (χ1n) is 9.54. The number of halogens is 1. The second kappa shape index (κ2) is 8.18. The predicted octanol–water partition coefficient (Wildman–Crippen LogP) is 3.92. The molecule has 2 aliphatic rings. The van der Waals surface area contributed by atoms with Gasteiger partial charge >= 0.3 is 5.97 Å². The van der Waals surface area contributed by atoms with Gasteiger partial charge in [0.15, 0.2) is 0 Å². The van der Waals surface area contributed by atoms with E-state index in [1.165, 1.54) is 19.2 Å². The average molecular weight is 358 g/mol. The van der Waals surface area contributed by atoms with Crippen molar-refractivity contribution in [2.75, 3.05) is 20.2 Å². The van der Waals surface area contributed by atoms with Gasteiger partial charge in [-0.3, -0.25) is 4.79 Å². The third-order valence-electron chi connectivity index (χ3n) is 6.31.